The van der Waals surface area contributed by atoms with Crippen molar-refractivity contribution in [1.29, 1.82) is 0 Å². The van der Waals surface area contributed by atoms with Crippen LogP contribution in [-0.4, -0.2) is 18.2 Å². The molecule has 2 aromatic rings. The number of halogens is 2. The Balaban J connectivity index is 2.49. The Morgan fingerprint density at radius 3 is 2.38 bits per heavy atom. The Morgan fingerprint density at radius 2 is 1.81 bits per heavy atom. The number of carbonyl (C=O) groups is 1. The Hall–Kier alpha value is -1.71. The summed E-state index contributed by atoms with van der Waals surface area (Å²) in [5.74, 6) is -0.880. The lowest BCUT2D eigenvalue weighted by Gasteiger charge is -2.13. The van der Waals surface area contributed by atoms with Gasteiger partial charge in [-0.05, 0) is 36.8 Å². The number of carboxylic acid groups (broad SMARTS) is 1. The summed E-state index contributed by atoms with van der Waals surface area (Å²) in [4.78, 5) is 11.0. The van der Waals surface area contributed by atoms with Crippen LogP contribution in [0.4, 0.5) is 0 Å². The van der Waals surface area contributed by atoms with Crippen LogP contribution < -0.4 is 4.74 Å². The highest BCUT2D eigenvalue weighted by molar-refractivity contribution is 6.33. The maximum atomic E-state index is 11.0. The van der Waals surface area contributed by atoms with Gasteiger partial charge in [0.1, 0.15) is 5.75 Å². The Kier molecular flexibility index (Phi) is 4.76. The lowest BCUT2D eigenvalue weighted by molar-refractivity contribution is -0.138. The van der Waals surface area contributed by atoms with Gasteiger partial charge in [-0.3, -0.25) is 4.79 Å². The summed E-state index contributed by atoms with van der Waals surface area (Å²) in [7, 11) is 1.56. The van der Waals surface area contributed by atoms with E-state index >= 15 is 0 Å². The number of ether oxygens (including phenoxy) is 1. The zero-order valence-corrected chi connectivity index (χ0v) is 13.1. The van der Waals surface area contributed by atoms with Gasteiger partial charge < -0.3 is 9.84 Å². The van der Waals surface area contributed by atoms with Gasteiger partial charge >= 0.3 is 5.97 Å². The largest absolute Gasteiger partial charge is 0.496 e. The van der Waals surface area contributed by atoms with Crippen molar-refractivity contribution >= 4 is 29.2 Å². The van der Waals surface area contributed by atoms with Crippen LogP contribution in [0.3, 0.4) is 0 Å². The van der Waals surface area contributed by atoms with Gasteiger partial charge in [-0.1, -0.05) is 35.3 Å². The first-order valence-corrected chi connectivity index (χ1v) is 7.05. The normalized spacial score (nSPS) is 12.0. The molecule has 0 amide bonds. The quantitative estimate of drug-likeness (QED) is 0.873. The molecular formula is C16H14Cl2O3. The minimum Gasteiger partial charge on any atom is -0.496 e. The molecule has 21 heavy (non-hydrogen) atoms. The van der Waals surface area contributed by atoms with Crippen LogP contribution in [-0.2, 0) is 4.79 Å². The lowest BCUT2D eigenvalue weighted by atomic mass is 9.97. The van der Waals surface area contributed by atoms with Crippen molar-refractivity contribution in [3.8, 4) is 16.9 Å². The number of hydrogen-bond donors (Lipinski definition) is 1. The van der Waals surface area contributed by atoms with Crippen molar-refractivity contribution < 1.29 is 14.6 Å². The van der Waals surface area contributed by atoms with E-state index in [9.17, 15) is 4.79 Å². The maximum absolute atomic E-state index is 11.0. The molecule has 0 aliphatic heterocycles. The number of aliphatic carboxylic acids is 1. The van der Waals surface area contributed by atoms with E-state index in [-0.39, 0.29) is 0 Å². The Morgan fingerprint density at radius 1 is 1.14 bits per heavy atom. The minimum atomic E-state index is -0.886. The molecule has 1 N–H and O–H groups in total. The lowest BCUT2D eigenvalue weighted by Crippen LogP contribution is -2.07. The molecule has 0 radical (unpaired) electrons. The second kappa shape index (κ2) is 6.37. The fourth-order valence-electron chi connectivity index (χ4n) is 2.05. The van der Waals surface area contributed by atoms with Gasteiger partial charge in [0, 0.05) is 21.2 Å². The van der Waals surface area contributed by atoms with Crippen LogP contribution >= 0.6 is 23.2 Å². The molecule has 5 heteroatoms. The highest BCUT2D eigenvalue weighted by Gasteiger charge is 2.16. The van der Waals surface area contributed by atoms with Crippen molar-refractivity contribution in [1.82, 2.24) is 0 Å². The molecule has 0 heterocycles. The zero-order chi connectivity index (χ0) is 15.6. The van der Waals surface area contributed by atoms with E-state index in [0.717, 1.165) is 11.1 Å². The predicted octanol–water partition coefficient (Wildman–Crippen LogP) is 4.86. The second-order valence-electron chi connectivity index (χ2n) is 4.64. The molecule has 2 aromatic carbocycles. The number of benzene rings is 2. The molecule has 0 fully saturated rings. The molecular weight excluding hydrogens is 311 g/mol. The summed E-state index contributed by atoms with van der Waals surface area (Å²) in [5.41, 5.74) is 2.23. The van der Waals surface area contributed by atoms with Crippen LogP contribution in [0, 0.1) is 0 Å². The summed E-state index contributed by atoms with van der Waals surface area (Å²) < 4.78 is 5.31. The predicted molar refractivity (Wildman–Crippen MR) is 84.5 cm³/mol. The number of rotatable bonds is 4. The molecule has 0 saturated heterocycles. The first-order chi connectivity index (χ1) is 9.93. The van der Waals surface area contributed by atoms with Gasteiger partial charge in [-0.2, -0.15) is 0 Å². The molecule has 0 saturated carbocycles. The average Bonchev–Trinajstić information content (AvgIpc) is 2.46. The Labute approximate surface area is 133 Å². The van der Waals surface area contributed by atoms with Crippen molar-refractivity contribution in [2.24, 2.45) is 0 Å². The van der Waals surface area contributed by atoms with E-state index in [1.165, 1.54) is 0 Å². The number of methoxy groups -OCH3 is 1. The van der Waals surface area contributed by atoms with E-state index in [1.807, 2.05) is 6.07 Å². The maximum Gasteiger partial charge on any atom is 0.310 e. The van der Waals surface area contributed by atoms with Gasteiger partial charge in [0.2, 0.25) is 0 Å². The molecule has 0 spiro atoms. The van der Waals surface area contributed by atoms with Gasteiger partial charge in [-0.15, -0.1) is 0 Å². The van der Waals surface area contributed by atoms with E-state index in [2.05, 4.69) is 0 Å². The monoisotopic (exact) mass is 324 g/mol. The fourth-order valence-corrected chi connectivity index (χ4v) is 2.50. The van der Waals surface area contributed by atoms with Gasteiger partial charge in [0.15, 0.2) is 0 Å². The summed E-state index contributed by atoms with van der Waals surface area (Å²) in [6, 6.07) is 10.5. The molecule has 3 nitrogen and oxygen atoms in total. The fraction of sp³-hybridized carbons (Fsp3) is 0.188. The van der Waals surface area contributed by atoms with Crippen LogP contribution in [0.5, 0.6) is 5.75 Å². The molecule has 2 rings (SSSR count). The molecule has 0 bridgehead atoms. The molecule has 110 valence electrons. The average molecular weight is 325 g/mol. The minimum absolute atomic E-state index is 0.473. The molecule has 0 aromatic heterocycles. The van der Waals surface area contributed by atoms with E-state index in [1.54, 1.807) is 44.4 Å². The first-order valence-electron chi connectivity index (χ1n) is 6.30. The summed E-state index contributed by atoms with van der Waals surface area (Å²) in [6.45, 7) is 1.62. The summed E-state index contributed by atoms with van der Waals surface area (Å²) >= 11 is 12.2. The highest BCUT2D eigenvalue weighted by atomic mass is 35.5. The van der Waals surface area contributed by atoms with Gasteiger partial charge in [0.05, 0.1) is 13.0 Å². The second-order valence-corrected chi connectivity index (χ2v) is 5.49. The van der Waals surface area contributed by atoms with Crippen molar-refractivity contribution in [2.75, 3.05) is 7.11 Å². The van der Waals surface area contributed by atoms with Crippen LogP contribution in [0.15, 0.2) is 36.4 Å². The number of hydrogen-bond acceptors (Lipinski definition) is 2. The topological polar surface area (TPSA) is 46.5 Å². The van der Waals surface area contributed by atoms with Crippen LogP contribution in [0.1, 0.15) is 18.4 Å². The molecule has 1 atom stereocenters. The molecule has 0 aliphatic carbocycles. The molecule has 1 unspecified atom stereocenters. The third-order valence-corrected chi connectivity index (χ3v) is 3.87. The van der Waals surface area contributed by atoms with Gasteiger partial charge in [0.25, 0.3) is 0 Å². The van der Waals surface area contributed by atoms with E-state index in [4.69, 9.17) is 33.0 Å². The SMILES string of the molecule is COc1cc(Cl)ccc1-c1ccc(C(C)C(=O)O)cc1Cl. The highest BCUT2D eigenvalue weighted by Crippen LogP contribution is 2.37. The summed E-state index contributed by atoms with van der Waals surface area (Å²) in [5, 5.41) is 10.1. The van der Waals surface area contributed by atoms with Crippen molar-refractivity contribution in [3.63, 3.8) is 0 Å². The Bertz CT molecular complexity index is 683. The smallest absolute Gasteiger partial charge is 0.310 e. The van der Waals surface area contributed by atoms with E-state index < -0.39 is 11.9 Å². The number of carboxylic acids is 1. The van der Waals surface area contributed by atoms with Gasteiger partial charge in [-0.25, -0.2) is 0 Å². The van der Waals surface area contributed by atoms with Crippen molar-refractivity contribution in [3.05, 3.63) is 52.0 Å². The third kappa shape index (κ3) is 3.31. The van der Waals surface area contributed by atoms with E-state index in [0.29, 0.717) is 21.4 Å². The molecule has 0 aliphatic rings. The summed E-state index contributed by atoms with van der Waals surface area (Å²) in [6.07, 6.45) is 0. The van der Waals surface area contributed by atoms with Crippen LogP contribution in [0.2, 0.25) is 10.0 Å². The standard InChI is InChI=1S/C16H14Cl2O3/c1-9(16(19)20)10-3-5-12(14(18)7-10)13-6-4-11(17)8-15(13)21-2/h3-9H,1-2H3,(H,19,20). The first kappa shape index (κ1) is 15.7. The van der Waals surface area contributed by atoms with Crippen LogP contribution in [0.25, 0.3) is 11.1 Å². The third-order valence-electron chi connectivity index (χ3n) is 3.32. The zero-order valence-electron chi connectivity index (χ0n) is 11.6. The van der Waals surface area contributed by atoms with Crippen molar-refractivity contribution in [2.45, 2.75) is 12.8 Å².